The number of hydrogen-bond acceptors (Lipinski definition) is 5. The van der Waals surface area contributed by atoms with Crippen molar-refractivity contribution in [2.75, 3.05) is 13.2 Å². The van der Waals surface area contributed by atoms with Gasteiger partial charge in [0.05, 0.1) is 5.71 Å². The molecule has 0 atom stereocenters. The fraction of sp³-hybridized carbons (Fsp3) is 0.400. The molecule has 1 fully saturated rings. The van der Waals surface area contributed by atoms with Gasteiger partial charge in [0.25, 0.3) is 0 Å². The van der Waals surface area contributed by atoms with E-state index >= 15 is 0 Å². The summed E-state index contributed by atoms with van der Waals surface area (Å²) in [7, 11) is 0. The summed E-state index contributed by atoms with van der Waals surface area (Å²) in [6.45, 7) is 0.108. The van der Waals surface area contributed by atoms with Gasteiger partial charge in [0.1, 0.15) is 12.4 Å². The molecule has 0 saturated heterocycles. The van der Waals surface area contributed by atoms with Crippen molar-refractivity contribution >= 4 is 17.8 Å². The van der Waals surface area contributed by atoms with Gasteiger partial charge < -0.3 is 14.7 Å². The highest BCUT2D eigenvalue weighted by Gasteiger charge is 2.19. The van der Waals surface area contributed by atoms with Crippen LogP contribution in [-0.4, -0.2) is 35.0 Å². The maximum absolute atomic E-state index is 10.8. The Morgan fingerprint density at radius 1 is 1.16 bits per heavy atom. The number of carboxylic acid groups (broad SMARTS) is 1. The van der Waals surface area contributed by atoms with E-state index in [0.29, 0.717) is 18.3 Å². The zero-order valence-electron chi connectivity index (χ0n) is 17.6. The number of fused-ring (bicyclic) bond motifs is 1. The van der Waals surface area contributed by atoms with Crippen LogP contribution in [0.5, 0.6) is 5.75 Å². The van der Waals surface area contributed by atoms with Crippen molar-refractivity contribution in [2.24, 2.45) is 11.1 Å². The van der Waals surface area contributed by atoms with E-state index in [-0.39, 0.29) is 6.61 Å². The molecule has 2 aromatic rings. The molecule has 0 radical (unpaired) electrons. The van der Waals surface area contributed by atoms with Gasteiger partial charge in [-0.3, -0.25) is 4.98 Å². The number of aromatic nitrogens is 1. The zero-order chi connectivity index (χ0) is 21.5. The van der Waals surface area contributed by atoms with Gasteiger partial charge in [-0.15, -0.1) is 0 Å². The molecule has 0 amide bonds. The summed E-state index contributed by atoms with van der Waals surface area (Å²) in [5, 5.41) is 13.4. The first-order chi connectivity index (χ1) is 15.2. The summed E-state index contributed by atoms with van der Waals surface area (Å²) >= 11 is 0. The molecule has 1 saturated carbocycles. The monoisotopic (exact) mass is 420 g/mol. The molecule has 2 aliphatic rings. The molecule has 0 unspecified atom stereocenters. The smallest absolute Gasteiger partial charge is 0.341 e. The second kappa shape index (κ2) is 10.2. The third-order valence-corrected chi connectivity index (χ3v) is 5.95. The summed E-state index contributed by atoms with van der Waals surface area (Å²) in [6.07, 6.45) is 13.4. The minimum atomic E-state index is -0.974. The first-order valence-corrected chi connectivity index (χ1v) is 10.9. The molecular weight excluding hydrogens is 392 g/mol. The van der Waals surface area contributed by atoms with Crippen molar-refractivity contribution < 1.29 is 19.5 Å². The number of rotatable bonds is 9. The van der Waals surface area contributed by atoms with Crippen LogP contribution in [0.3, 0.4) is 0 Å². The Hall–Kier alpha value is -3.15. The van der Waals surface area contributed by atoms with Crippen LogP contribution in [0.4, 0.5) is 0 Å². The SMILES string of the molecule is O=C(O)COc1cccc2c1CCC(CO/N=C(/CC1CCCC1)c1cccnc1)=C2. The molecule has 0 aliphatic heterocycles. The Labute approximate surface area is 182 Å². The maximum atomic E-state index is 10.8. The number of aliphatic carboxylic acids is 1. The number of carbonyl (C=O) groups is 1. The van der Waals surface area contributed by atoms with Crippen molar-refractivity contribution in [3.8, 4) is 5.75 Å². The largest absolute Gasteiger partial charge is 0.482 e. The van der Waals surface area contributed by atoms with E-state index < -0.39 is 5.97 Å². The highest BCUT2D eigenvalue weighted by atomic mass is 16.6. The van der Waals surface area contributed by atoms with Crippen molar-refractivity contribution in [1.29, 1.82) is 0 Å². The second-order valence-corrected chi connectivity index (χ2v) is 8.22. The number of ether oxygens (including phenoxy) is 1. The Bertz CT molecular complexity index is 963. The minimum Gasteiger partial charge on any atom is -0.482 e. The van der Waals surface area contributed by atoms with Gasteiger partial charge in [-0.1, -0.05) is 49.0 Å². The van der Waals surface area contributed by atoms with Crippen molar-refractivity contribution in [3.05, 3.63) is 65.0 Å². The molecule has 1 aromatic carbocycles. The van der Waals surface area contributed by atoms with E-state index in [1.165, 1.54) is 25.7 Å². The average molecular weight is 421 g/mol. The molecule has 2 aliphatic carbocycles. The number of benzene rings is 1. The van der Waals surface area contributed by atoms with Gasteiger partial charge in [-0.2, -0.15) is 0 Å². The Morgan fingerprint density at radius 2 is 2.03 bits per heavy atom. The highest BCUT2D eigenvalue weighted by Crippen LogP contribution is 2.32. The normalized spacial score (nSPS) is 16.5. The van der Waals surface area contributed by atoms with E-state index in [1.54, 1.807) is 6.20 Å². The predicted octanol–water partition coefficient (Wildman–Crippen LogP) is 4.88. The van der Waals surface area contributed by atoms with Gasteiger partial charge in [-0.05, 0) is 54.5 Å². The molecule has 6 heteroatoms. The molecule has 31 heavy (non-hydrogen) atoms. The van der Waals surface area contributed by atoms with Crippen LogP contribution in [-0.2, 0) is 16.1 Å². The summed E-state index contributed by atoms with van der Waals surface area (Å²) in [6, 6.07) is 9.71. The molecule has 0 spiro atoms. The van der Waals surface area contributed by atoms with Crippen LogP contribution >= 0.6 is 0 Å². The number of pyridine rings is 1. The van der Waals surface area contributed by atoms with Gasteiger partial charge in [0, 0.05) is 23.5 Å². The van der Waals surface area contributed by atoms with Crippen LogP contribution in [0.1, 0.15) is 55.2 Å². The van der Waals surface area contributed by atoms with Crippen LogP contribution in [0.25, 0.3) is 6.08 Å². The number of oxime groups is 1. The standard InChI is InChI=1S/C25H28N2O4/c28-25(29)17-30-24-9-3-7-20-13-19(10-11-22(20)24)16-31-27-23(14-18-5-1-2-6-18)21-8-4-12-26-15-21/h3-4,7-9,12-13,15,18H,1-2,5-6,10-11,14,16-17H2,(H,28,29)/b27-23-. The van der Waals surface area contributed by atoms with E-state index in [2.05, 4.69) is 16.2 Å². The maximum Gasteiger partial charge on any atom is 0.341 e. The lowest BCUT2D eigenvalue weighted by Gasteiger charge is -2.19. The van der Waals surface area contributed by atoms with E-state index in [9.17, 15) is 4.79 Å². The second-order valence-electron chi connectivity index (χ2n) is 8.22. The molecular formula is C25H28N2O4. The predicted molar refractivity (Wildman–Crippen MR) is 119 cm³/mol. The van der Waals surface area contributed by atoms with Gasteiger partial charge in [-0.25, -0.2) is 4.79 Å². The van der Waals surface area contributed by atoms with Crippen molar-refractivity contribution in [1.82, 2.24) is 4.98 Å². The highest BCUT2D eigenvalue weighted by molar-refractivity contribution is 6.00. The quantitative estimate of drug-likeness (QED) is 0.462. The van der Waals surface area contributed by atoms with Gasteiger partial charge in [0.15, 0.2) is 6.61 Å². The Balaban J connectivity index is 1.43. The third-order valence-electron chi connectivity index (χ3n) is 5.95. The molecule has 1 N–H and O–H groups in total. The van der Waals surface area contributed by atoms with E-state index in [4.69, 9.17) is 14.7 Å². The molecule has 0 bridgehead atoms. The van der Waals surface area contributed by atoms with Crippen LogP contribution in [0, 0.1) is 5.92 Å². The van der Waals surface area contributed by atoms with Gasteiger partial charge in [0.2, 0.25) is 0 Å². The number of nitrogens with zero attached hydrogens (tertiary/aromatic N) is 2. The first-order valence-electron chi connectivity index (χ1n) is 10.9. The van der Waals surface area contributed by atoms with Crippen molar-refractivity contribution in [3.63, 3.8) is 0 Å². The Kier molecular flexibility index (Phi) is 6.97. The lowest BCUT2D eigenvalue weighted by molar-refractivity contribution is -0.139. The van der Waals surface area contributed by atoms with Crippen LogP contribution in [0.2, 0.25) is 0 Å². The van der Waals surface area contributed by atoms with Crippen LogP contribution < -0.4 is 4.74 Å². The summed E-state index contributed by atoms with van der Waals surface area (Å²) in [4.78, 5) is 20.9. The first kappa shape index (κ1) is 21.1. The zero-order valence-corrected chi connectivity index (χ0v) is 17.6. The summed E-state index contributed by atoms with van der Waals surface area (Å²) in [5.41, 5.74) is 5.26. The number of carboxylic acids is 1. The fourth-order valence-corrected chi connectivity index (χ4v) is 4.37. The molecule has 6 nitrogen and oxygen atoms in total. The number of hydrogen-bond donors (Lipinski definition) is 1. The lowest BCUT2D eigenvalue weighted by atomic mass is 9.92. The third kappa shape index (κ3) is 5.72. The average Bonchev–Trinajstić information content (AvgIpc) is 3.30. The van der Waals surface area contributed by atoms with E-state index in [0.717, 1.165) is 47.2 Å². The Morgan fingerprint density at radius 3 is 2.81 bits per heavy atom. The fourth-order valence-electron chi connectivity index (χ4n) is 4.37. The molecule has 4 rings (SSSR count). The van der Waals surface area contributed by atoms with Crippen LogP contribution in [0.15, 0.2) is 53.5 Å². The molecule has 1 heterocycles. The summed E-state index contributed by atoms with van der Waals surface area (Å²) in [5.74, 6) is 0.343. The minimum absolute atomic E-state index is 0.330. The molecule has 1 aromatic heterocycles. The topological polar surface area (TPSA) is 81.0 Å². The van der Waals surface area contributed by atoms with Gasteiger partial charge >= 0.3 is 5.97 Å². The van der Waals surface area contributed by atoms with Crippen molar-refractivity contribution in [2.45, 2.75) is 44.9 Å². The van der Waals surface area contributed by atoms with E-state index in [1.807, 2.05) is 36.5 Å². The lowest BCUT2D eigenvalue weighted by Crippen LogP contribution is -2.12. The molecule has 162 valence electrons. The summed E-state index contributed by atoms with van der Waals surface area (Å²) < 4.78 is 5.44.